The maximum absolute atomic E-state index is 13.0. The zero-order valence-corrected chi connectivity index (χ0v) is 49.4. The van der Waals surface area contributed by atoms with E-state index in [1.165, 1.54) is 276 Å². The zero-order valence-electron chi connectivity index (χ0n) is 48.5. The Kier molecular flexibility index (Phi) is 53.5. The molecule has 0 heterocycles. The smallest absolute Gasteiger partial charge is 0.387 e. The summed E-state index contributed by atoms with van der Waals surface area (Å²) in [5.41, 5.74) is 0. The first-order valence-corrected chi connectivity index (χ1v) is 33.1. The van der Waals surface area contributed by atoms with E-state index >= 15 is 0 Å². The molecule has 0 aliphatic rings. The standard InChI is InChI=1S/C62H125N2O6P/c1-6-8-10-12-14-16-18-20-22-24-26-28-30-31-32-33-34-35-37-39-41-43-45-47-49-51-53-55-61(65)60(59-70-71(67,68)69-58-57-64(3,4)5)63-62(66)56-54-52-50-48-46-44-42-40-38-36-29-27-25-23-21-19-17-15-13-11-9-7-2/h53,55,60-61,65H,6-52,54,56-59H2,1-5H3,(H-,63,66,67,68)/p+1/b55-53+. The summed E-state index contributed by atoms with van der Waals surface area (Å²) in [6.45, 7) is 4.88. The van der Waals surface area contributed by atoms with Crippen molar-refractivity contribution in [3.8, 4) is 0 Å². The molecular formula is C62H126N2O6P+. The number of unbranched alkanes of at least 4 members (excludes halogenated alkanes) is 46. The van der Waals surface area contributed by atoms with Crippen molar-refractivity contribution >= 4 is 13.7 Å². The number of aliphatic hydroxyl groups excluding tert-OH is 1. The monoisotopic (exact) mass is 1030 g/mol. The normalized spacial score (nSPS) is 13.8. The van der Waals surface area contributed by atoms with Crippen molar-refractivity contribution in [1.82, 2.24) is 5.32 Å². The number of phosphoric ester groups is 1. The molecule has 3 N–H and O–H groups in total. The number of hydrogen-bond acceptors (Lipinski definition) is 5. The Morgan fingerprint density at radius 2 is 0.746 bits per heavy atom. The number of allylic oxidation sites excluding steroid dienone is 1. The molecule has 0 saturated carbocycles. The lowest BCUT2D eigenvalue weighted by Gasteiger charge is -2.25. The third kappa shape index (κ3) is 56.8. The van der Waals surface area contributed by atoms with E-state index in [1.807, 2.05) is 27.2 Å². The Hall–Kier alpha value is -0.760. The van der Waals surface area contributed by atoms with Crippen LogP contribution in [-0.4, -0.2) is 73.4 Å². The lowest BCUT2D eigenvalue weighted by Crippen LogP contribution is -2.45. The topological polar surface area (TPSA) is 105 Å². The average molecular weight is 1030 g/mol. The Morgan fingerprint density at radius 1 is 0.465 bits per heavy atom. The number of carbonyl (C=O) groups is 1. The summed E-state index contributed by atoms with van der Waals surface area (Å²) in [7, 11) is 1.59. The lowest BCUT2D eigenvalue weighted by atomic mass is 10.0. The van der Waals surface area contributed by atoms with Crippen LogP contribution >= 0.6 is 7.82 Å². The van der Waals surface area contributed by atoms with E-state index in [2.05, 4.69) is 19.2 Å². The number of amides is 1. The minimum atomic E-state index is -4.35. The van der Waals surface area contributed by atoms with E-state index in [1.54, 1.807) is 6.08 Å². The molecule has 8 nitrogen and oxygen atoms in total. The van der Waals surface area contributed by atoms with Crippen molar-refractivity contribution in [2.24, 2.45) is 0 Å². The van der Waals surface area contributed by atoms with Gasteiger partial charge in [0.1, 0.15) is 13.2 Å². The summed E-state index contributed by atoms with van der Waals surface area (Å²) < 4.78 is 23.8. The molecule has 0 radical (unpaired) electrons. The highest BCUT2D eigenvalue weighted by atomic mass is 31.2. The van der Waals surface area contributed by atoms with E-state index in [0.29, 0.717) is 17.4 Å². The van der Waals surface area contributed by atoms with Gasteiger partial charge in [-0.1, -0.05) is 315 Å². The van der Waals surface area contributed by atoms with E-state index in [-0.39, 0.29) is 19.1 Å². The van der Waals surface area contributed by atoms with Gasteiger partial charge in [0.05, 0.1) is 39.9 Å². The van der Waals surface area contributed by atoms with Gasteiger partial charge >= 0.3 is 7.82 Å². The number of carbonyl (C=O) groups excluding carboxylic acids is 1. The van der Waals surface area contributed by atoms with Crippen LogP contribution in [-0.2, 0) is 18.4 Å². The van der Waals surface area contributed by atoms with Gasteiger partial charge in [-0.05, 0) is 19.3 Å². The SMILES string of the molecule is CCCCCCCCCCCCCCCCCCCCCCCCCCC/C=C/C(O)C(COP(=O)(O)OCC[N+](C)(C)C)NC(=O)CCCCCCCCCCCCCCCCCCCCCCCC. The van der Waals surface area contributed by atoms with Crippen molar-refractivity contribution in [3.05, 3.63) is 12.2 Å². The van der Waals surface area contributed by atoms with Gasteiger partial charge in [0.25, 0.3) is 0 Å². The highest BCUT2D eigenvalue weighted by Crippen LogP contribution is 2.43. The molecule has 1 amide bonds. The molecular weight excluding hydrogens is 900 g/mol. The first-order chi connectivity index (χ1) is 34.5. The molecule has 9 heteroatoms. The number of quaternary nitrogens is 1. The lowest BCUT2D eigenvalue weighted by molar-refractivity contribution is -0.870. The molecule has 3 atom stereocenters. The van der Waals surface area contributed by atoms with Crippen LogP contribution in [0.15, 0.2) is 12.2 Å². The van der Waals surface area contributed by atoms with E-state index in [9.17, 15) is 19.4 Å². The molecule has 424 valence electrons. The zero-order chi connectivity index (χ0) is 52.0. The molecule has 0 aromatic heterocycles. The molecule has 0 spiro atoms. The average Bonchev–Trinajstić information content (AvgIpc) is 3.33. The summed E-state index contributed by atoms with van der Waals surface area (Å²) >= 11 is 0. The van der Waals surface area contributed by atoms with E-state index in [4.69, 9.17) is 9.05 Å². The second-order valence-electron chi connectivity index (χ2n) is 23.2. The maximum Gasteiger partial charge on any atom is 0.472 e. The molecule has 71 heavy (non-hydrogen) atoms. The number of aliphatic hydroxyl groups is 1. The Balaban J connectivity index is 4.11. The molecule has 0 saturated heterocycles. The predicted octanol–water partition coefficient (Wildman–Crippen LogP) is 19.4. The quantitative estimate of drug-likeness (QED) is 0.0243. The van der Waals surface area contributed by atoms with Gasteiger partial charge in [0, 0.05) is 6.42 Å². The number of phosphoric acid groups is 1. The molecule has 0 aliphatic carbocycles. The fourth-order valence-corrected chi connectivity index (χ4v) is 10.5. The van der Waals surface area contributed by atoms with Gasteiger partial charge in [-0.2, -0.15) is 0 Å². The molecule has 0 aliphatic heterocycles. The highest BCUT2D eigenvalue weighted by molar-refractivity contribution is 7.47. The van der Waals surface area contributed by atoms with Gasteiger partial charge in [-0.3, -0.25) is 13.8 Å². The second-order valence-corrected chi connectivity index (χ2v) is 24.6. The minimum absolute atomic E-state index is 0.0654. The maximum atomic E-state index is 13.0. The Morgan fingerprint density at radius 3 is 1.04 bits per heavy atom. The fourth-order valence-electron chi connectivity index (χ4n) is 9.81. The summed E-state index contributed by atoms with van der Waals surface area (Å²) in [6, 6.07) is -0.843. The van der Waals surface area contributed by atoms with Gasteiger partial charge in [0.15, 0.2) is 0 Å². The number of likely N-dealkylation sites (N-methyl/N-ethyl adjacent to an activating group) is 1. The third-order valence-electron chi connectivity index (χ3n) is 14.8. The van der Waals surface area contributed by atoms with Crippen LogP contribution in [0.1, 0.15) is 328 Å². The second kappa shape index (κ2) is 54.0. The summed E-state index contributed by atoms with van der Waals surface area (Å²) in [6.07, 6.45) is 67.6. The summed E-state index contributed by atoms with van der Waals surface area (Å²) in [5.74, 6) is -0.168. The molecule has 0 aromatic carbocycles. The summed E-state index contributed by atoms with van der Waals surface area (Å²) in [5, 5.41) is 14.0. The van der Waals surface area contributed by atoms with Crippen molar-refractivity contribution in [3.63, 3.8) is 0 Å². The van der Waals surface area contributed by atoms with Crippen LogP contribution in [0.3, 0.4) is 0 Å². The van der Waals surface area contributed by atoms with Gasteiger partial charge in [0.2, 0.25) is 5.91 Å². The third-order valence-corrected chi connectivity index (χ3v) is 15.7. The van der Waals surface area contributed by atoms with Crippen LogP contribution in [0.4, 0.5) is 0 Å². The van der Waals surface area contributed by atoms with Gasteiger partial charge < -0.3 is 19.8 Å². The Labute approximate surface area is 443 Å². The summed E-state index contributed by atoms with van der Waals surface area (Å²) in [4.78, 5) is 23.3. The number of nitrogens with zero attached hydrogens (tertiary/aromatic N) is 1. The molecule has 0 fully saturated rings. The van der Waals surface area contributed by atoms with Gasteiger partial charge in [-0.25, -0.2) is 4.57 Å². The van der Waals surface area contributed by atoms with Crippen LogP contribution in [0.25, 0.3) is 0 Å². The number of nitrogens with one attached hydrogen (secondary N) is 1. The van der Waals surface area contributed by atoms with Crippen molar-refractivity contribution in [2.45, 2.75) is 341 Å². The largest absolute Gasteiger partial charge is 0.472 e. The first-order valence-electron chi connectivity index (χ1n) is 31.6. The van der Waals surface area contributed by atoms with Crippen molar-refractivity contribution in [2.75, 3.05) is 40.9 Å². The van der Waals surface area contributed by atoms with Gasteiger partial charge in [-0.15, -0.1) is 0 Å². The van der Waals surface area contributed by atoms with Crippen molar-refractivity contribution in [1.29, 1.82) is 0 Å². The predicted molar refractivity (Wildman–Crippen MR) is 309 cm³/mol. The van der Waals surface area contributed by atoms with Crippen LogP contribution < -0.4 is 5.32 Å². The molecule has 3 unspecified atom stereocenters. The van der Waals surface area contributed by atoms with Crippen LogP contribution in [0.5, 0.6) is 0 Å². The first kappa shape index (κ1) is 70.2. The van der Waals surface area contributed by atoms with Crippen LogP contribution in [0, 0.1) is 0 Å². The fraction of sp³-hybridized carbons (Fsp3) is 0.952. The minimum Gasteiger partial charge on any atom is -0.387 e. The molecule has 0 bridgehead atoms. The number of hydrogen-bond donors (Lipinski definition) is 3. The van der Waals surface area contributed by atoms with Crippen molar-refractivity contribution < 1.29 is 32.9 Å². The molecule has 0 rings (SSSR count). The highest BCUT2D eigenvalue weighted by Gasteiger charge is 2.28. The van der Waals surface area contributed by atoms with Crippen LogP contribution in [0.2, 0.25) is 0 Å². The van der Waals surface area contributed by atoms with E-state index in [0.717, 1.165) is 32.1 Å². The Bertz CT molecular complexity index is 1160. The van der Waals surface area contributed by atoms with E-state index < -0.39 is 20.0 Å². The number of rotatable bonds is 59. The molecule has 0 aromatic rings.